The van der Waals surface area contributed by atoms with E-state index in [-0.39, 0.29) is 12.6 Å². The molecule has 0 aromatic rings. The maximum absolute atomic E-state index is 11.1. The van der Waals surface area contributed by atoms with Crippen LogP contribution in [-0.2, 0) is 9.53 Å². The molecule has 1 N–H and O–H groups in total. The number of rotatable bonds is 4. The average molecular weight is 172 g/mol. The predicted octanol–water partition coefficient (Wildman–Crippen LogP) is 1.27. The van der Waals surface area contributed by atoms with Crippen molar-refractivity contribution in [1.29, 1.82) is 0 Å². The number of aliphatic hydroxyl groups is 1. The summed E-state index contributed by atoms with van der Waals surface area (Å²) in [6, 6.07) is 0. The fraction of sp³-hybridized carbons (Fsp3) is 0.667. The molecule has 0 bridgehead atoms. The molecule has 0 heterocycles. The van der Waals surface area contributed by atoms with Gasteiger partial charge in [0.1, 0.15) is 0 Å². The fourth-order valence-electron chi connectivity index (χ4n) is 0.769. The van der Waals surface area contributed by atoms with Crippen LogP contribution in [-0.4, -0.2) is 24.3 Å². The molecule has 0 fully saturated rings. The van der Waals surface area contributed by atoms with E-state index in [2.05, 4.69) is 0 Å². The van der Waals surface area contributed by atoms with Gasteiger partial charge in [0.05, 0.1) is 6.61 Å². The molecule has 0 saturated heterocycles. The third-order valence-electron chi connectivity index (χ3n) is 1.71. The summed E-state index contributed by atoms with van der Waals surface area (Å²) in [5, 5.41) is 8.61. The van der Waals surface area contributed by atoms with Crippen molar-refractivity contribution in [2.75, 3.05) is 13.2 Å². The van der Waals surface area contributed by atoms with Crippen molar-refractivity contribution in [2.24, 2.45) is 0 Å². The molecule has 0 rings (SSSR count). The highest BCUT2D eigenvalue weighted by Gasteiger charge is 2.07. The SMILES string of the molecule is CCOC(=O)C(C)=C(C)CCO. The van der Waals surface area contributed by atoms with Crippen molar-refractivity contribution in [2.45, 2.75) is 27.2 Å². The molecule has 0 atom stereocenters. The first-order valence-electron chi connectivity index (χ1n) is 4.07. The highest BCUT2D eigenvalue weighted by atomic mass is 16.5. The van der Waals surface area contributed by atoms with E-state index >= 15 is 0 Å². The van der Waals surface area contributed by atoms with Crippen molar-refractivity contribution < 1.29 is 14.6 Å². The van der Waals surface area contributed by atoms with Crippen molar-refractivity contribution in [1.82, 2.24) is 0 Å². The van der Waals surface area contributed by atoms with Crippen LogP contribution in [0.1, 0.15) is 27.2 Å². The normalized spacial score (nSPS) is 12.3. The summed E-state index contributed by atoms with van der Waals surface area (Å²) in [5.74, 6) is -0.288. The van der Waals surface area contributed by atoms with Crippen molar-refractivity contribution in [3.8, 4) is 0 Å². The lowest BCUT2D eigenvalue weighted by Gasteiger charge is -2.05. The molecule has 0 spiro atoms. The van der Waals surface area contributed by atoms with Crippen LogP contribution < -0.4 is 0 Å². The zero-order chi connectivity index (χ0) is 9.56. The van der Waals surface area contributed by atoms with Gasteiger partial charge in [0.25, 0.3) is 0 Å². The second-order valence-electron chi connectivity index (χ2n) is 2.60. The molecule has 0 aromatic carbocycles. The summed E-state index contributed by atoms with van der Waals surface area (Å²) in [6.07, 6.45) is 0.532. The van der Waals surface area contributed by atoms with E-state index in [9.17, 15) is 4.79 Å². The highest BCUT2D eigenvalue weighted by molar-refractivity contribution is 5.88. The van der Waals surface area contributed by atoms with Crippen LogP contribution in [0.15, 0.2) is 11.1 Å². The van der Waals surface area contributed by atoms with Gasteiger partial charge in [-0.1, -0.05) is 5.57 Å². The average Bonchev–Trinajstić information content (AvgIpc) is 2.04. The van der Waals surface area contributed by atoms with E-state index < -0.39 is 0 Å². The molecule has 3 heteroatoms. The van der Waals surface area contributed by atoms with Gasteiger partial charge in [-0.15, -0.1) is 0 Å². The van der Waals surface area contributed by atoms with E-state index in [1.807, 2.05) is 6.92 Å². The standard InChI is InChI=1S/C9H16O3/c1-4-12-9(11)8(3)7(2)5-6-10/h10H,4-6H2,1-3H3. The monoisotopic (exact) mass is 172 g/mol. The predicted molar refractivity (Wildman–Crippen MR) is 46.7 cm³/mol. The Bertz CT molecular complexity index is 182. The number of hydrogen-bond donors (Lipinski definition) is 1. The first-order valence-corrected chi connectivity index (χ1v) is 4.07. The topological polar surface area (TPSA) is 46.5 Å². The van der Waals surface area contributed by atoms with Gasteiger partial charge in [-0.2, -0.15) is 0 Å². The maximum Gasteiger partial charge on any atom is 0.333 e. The van der Waals surface area contributed by atoms with Crippen LogP contribution in [0, 0.1) is 0 Å². The quantitative estimate of drug-likeness (QED) is 0.513. The van der Waals surface area contributed by atoms with Gasteiger partial charge in [0.2, 0.25) is 0 Å². The van der Waals surface area contributed by atoms with Gasteiger partial charge in [0, 0.05) is 12.2 Å². The van der Waals surface area contributed by atoms with E-state index in [1.165, 1.54) is 0 Å². The summed E-state index contributed by atoms with van der Waals surface area (Å²) >= 11 is 0. The van der Waals surface area contributed by atoms with Crippen LogP contribution in [0.2, 0.25) is 0 Å². The van der Waals surface area contributed by atoms with Gasteiger partial charge >= 0.3 is 5.97 Å². The van der Waals surface area contributed by atoms with E-state index in [4.69, 9.17) is 9.84 Å². The Morgan fingerprint density at radius 3 is 2.42 bits per heavy atom. The van der Waals surface area contributed by atoms with Gasteiger partial charge in [-0.3, -0.25) is 0 Å². The third-order valence-corrected chi connectivity index (χ3v) is 1.71. The number of aliphatic hydroxyl groups excluding tert-OH is 1. The molecule has 0 aliphatic rings. The maximum atomic E-state index is 11.1. The zero-order valence-electron chi connectivity index (χ0n) is 7.89. The lowest BCUT2D eigenvalue weighted by molar-refractivity contribution is -0.138. The molecule has 3 nitrogen and oxygen atoms in total. The molecule has 70 valence electrons. The fourth-order valence-corrected chi connectivity index (χ4v) is 0.769. The lowest BCUT2D eigenvalue weighted by atomic mass is 10.1. The molecule has 0 saturated carbocycles. The summed E-state index contributed by atoms with van der Waals surface area (Å²) in [7, 11) is 0. The Kier molecular flexibility index (Phi) is 5.37. The molecular weight excluding hydrogens is 156 g/mol. The van der Waals surface area contributed by atoms with Crippen LogP contribution >= 0.6 is 0 Å². The number of carbonyl (C=O) groups is 1. The molecule has 12 heavy (non-hydrogen) atoms. The smallest absolute Gasteiger partial charge is 0.333 e. The second kappa shape index (κ2) is 5.77. The highest BCUT2D eigenvalue weighted by Crippen LogP contribution is 2.08. The summed E-state index contributed by atoms with van der Waals surface area (Å²) in [5.41, 5.74) is 1.49. The number of hydrogen-bond acceptors (Lipinski definition) is 3. The molecule has 0 amide bonds. The van der Waals surface area contributed by atoms with Crippen molar-refractivity contribution in [3.05, 3.63) is 11.1 Å². The number of carbonyl (C=O) groups excluding carboxylic acids is 1. The largest absolute Gasteiger partial charge is 0.463 e. The molecule has 0 aliphatic heterocycles. The van der Waals surface area contributed by atoms with Gasteiger partial charge in [-0.25, -0.2) is 4.79 Å². The second-order valence-corrected chi connectivity index (χ2v) is 2.60. The third kappa shape index (κ3) is 3.53. The summed E-state index contributed by atoms with van der Waals surface area (Å²) in [4.78, 5) is 11.1. The Labute approximate surface area is 73.0 Å². The first-order chi connectivity index (χ1) is 5.63. The lowest BCUT2D eigenvalue weighted by Crippen LogP contribution is -2.07. The number of esters is 1. The van der Waals surface area contributed by atoms with Crippen molar-refractivity contribution in [3.63, 3.8) is 0 Å². The summed E-state index contributed by atoms with van der Waals surface area (Å²) < 4.78 is 4.79. The summed E-state index contributed by atoms with van der Waals surface area (Å²) in [6.45, 7) is 5.77. The van der Waals surface area contributed by atoms with Crippen LogP contribution in [0.3, 0.4) is 0 Å². The minimum atomic E-state index is -0.288. The van der Waals surface area contributed by atoms with Crippen molar-refractivity contribution >= 4 is 5.97 Å². The Morgan fingerprint density at radius 2 is 2.00 bits per heavy atom. The van der Waals surface area contributed by atoms with Crippen LogP contribution in [0.4, 0.5) is 0 Å². The van der Waals surface area contributed by atoms with E-state index in [0.717, 1.165) is 5.57 Å². The number of ether oxygens (including phenoxy) is 1. The Hall–Kier alpha value is -0.830. The molecule has 0 radical (unpaired) electrons. The minimum Gasteiger partial charge on any atom is -0.463 e. The molecule has 0 aromatic heterocycles. The molecule has 0 unspecified atom stereocenters. The zero-order valence-corrected chi connectivity index (χ0v) is 7.89. The first kappa shape index (κ1) is 11.2. The van der Waals surface area contributed by atoms with E-state index in [1.54, 1.807) is 13.8 Å². The molecular formula is C9H16O3. The Morgan fingerprint density at radius 1 is 1.42 bits per heavy atom. The Balaban J connectivity index is 4.22. The van der Waals surface area contributed by atoms with Gasteiger partial charge < -0.3 is 9.84 Å². The molecule has 0 aliphatic carbocycles. The van der Waals surface area contributed by atoms with Gasteiger partial charge in [0.15, 0.2) is 0 Å². The minimum absolute atomic E-state index is 0.0720. The van der Waals surface area contributed by atoms with Crippen LogP contribution in [0.25, 0.3) is 0 Å². The van der Waals surface area contributed by atoms with E-state index in [0.29, 0.717) is 18.6 Å². The van der Waals surface area contributed by atoms with Crippen LogP contribution in [0.5, 0.6) is 0 Å². The van der Waals surface area contributed by atoms with Gasteiger partial charge in [-0.05, 0) is 27.2 Å².